The highest BCUT2D eigenvalue weighted by Gasteiger charge is 2.23. The maximum atomic E-state index is 13.5. The van der Waals surface area contributed by atoms with E-state index >= 15 is 0 Å². The number of aryl methyl sites for hydroxylation is 1. The fraction of sp³-hybridized carbons (Fsp3) is 0.235. The first-order valence-electron chi connectivity index (χ1n) is 6.93. The maximum absolute atomic E-state index is 13.5. The predicted octanol–water partition coefficient (Wildman–Crippen LogP) is 4.10. The molecule has 21 heavy (non-hydrogen) atoms. The summed E-state index contributed by atoms with van der Waals surface area (Å²) >= 11 is 1.71. The van der Waals surface area contributed by atoms with Crippen molar-refractivity contribution in [3.05, 3.63) is 65.0 Å². The van der Waals surface area contributed by atoms with Crippen LogP contribution in [0.5, 0.6) is 0 Å². The summed E-state index contributed by atoms with van der Waals surface area (Å²) < 4.78 is 13.5. The molecule has 1 aliphatic rings. The van der Waals surface area contributed by atoms with Crippen LogP contribution in [0, 0.1) is 12.7 Å². The van der Waals surface area contributed by atoms with Crippen molar-refractivity contribution in [3.63, 3.8) is 0 Å². The molecule has 2 nitrogen and oxygen atoms in total. The largest absolute Gasteiger partial charge is 0.345 e. The molecule has 1 N–H and O–H groups in total. The number of fused-ring (bicyclic) bond motifs is 1. The lowest BCUT2D eigenvalue weighted by atomic mass is 10.0. The number of carbonyl (C=O) groups is 1. The molecule has 0 aliphatic carbocycles. The van der Waals surface area contributed by atoms with Crippen LogP contribution in [0.4, 0.5) is 4.39 Å². The fourth-order valence-corrected chi connectivity index (χ4v) is 3.57. The van der Waals surface area contributed by atoms with Crippen molar-refractivity contribution in [2.24, 2.45) is 0 Å². The lowest BCUT2D eigenvalue weighted by molar-refractivity contribution is 0.0935. The predicted molar refractivity (Wildman–Crippen MR) is 83.1 cm³/mol. The van der Waals surface area contributed by atoms with E-state index in [1.54, 1.807) is 17.8 Å². The third-order valence-corrected chi connectivity index (χ3v) is 4.75. The molecule has 1 amide bonds. The lowest BCUT2D eigenvalue weighted by Gasteiger charge is -2.26. The molecule has 1 aliphatic heterocycles. The van der Waals surface area contributed by atoms with E-state index in [0.717, 1.165) is 28.2 Å². The molecule has 0 radical (unpaired) electrons. The number of halogens is 1. The first kappa shape index (κ1) is 14.1. The monoisotopic (exact) mass is 301 g/mol. The van der Waals surface area contributed by atoms with Crippen LogP contribution >= 0.6 is 11.8 Å². The number of thioether (sulfide) groups is 1. The Labute approximate surface area is 127 Å². The van der Waals surface area contributed by atoms with Crippen molar-refractivity contribution in [2.45, 2.75) is 24.3 Å². The minimum Gasteiger partial charge on any atom is -0.345 e. The Morgan fingerprint density at radius 1 is 1.24 bits per heavy atom. The van der Waals surface area contributed by atoms with Gasteiger partial charge in [-0.15, -0.1) is 11.8 Å². The van der Waals surface area contributed by atoms with E-state index < -0.39 is 0 Å². The van der Waals surface area contributed by atoms with Crippen LogP contribution in [0.3, 0.4) is 0 Å². The van der Waals surface area contributed by atoms with E-state index in [4.69, 9.17) is 0 Å². The molecule has 1 atom stereocenters. The van der Waals surface area contributed by atoms with Crippen molar-refractivity contribution in [1.29, 1.82) is 0 Å². The molecule has 3 rings (SSSR count). The van der Waals surface area contributed by atoms with Gasteiger partial charge in [-0.1, -0.05) is 17.7 Å². The zero-order valence-electron chi connectivity index (χ0n) is 11.7. The lowest BCUT2D eigenvalue weighted by Crippen LogP contribution is -2.30. The average molecular weight is 301 g/mol. The van der Waals surface area contributed by atoms with Gasteiger partial charge in [-0.25, -0.2) is 4.39 Å². The van der Waals surface area contributed by atoms with E-state index in [0.29, 0.717) is 5.56 Å². The second kappa shape index (κ2) is 5.90. The molecule has 108 valence electrons. The molecule has 0 bridgehead atoms. The Bertz CT molecular complexity index is 669. The van der Waals surface area contributed by atoms with Crippen molar-refractivity contribution >= 4 is 17.7 Å². The number of carbonyl (C=O) groups excluding carboxylic acids is 1. The topological polar surface area (TPSA) is 29.1 Å². The minimum absolute atomic E-state index is 0.109. The van der Waals surface area contributed by atoms with Crippen molar-refractivity contribution in [1.82, 2.24) is 5.32 Å². The molecule has 0 spiro atoms. The van der Waals surface area contributed by atoms with E-state index in [2.05, 4.69) is 5.32 Å². The first-order chi connectivity index (χ1) is 10.1. The zero-order valence-corrected chi connectivity index (χ0v) is 12.5. The molecule has 0 aromatic heterocycles. The average Bonchev–Trinajstić information content (AvgIpc) is 2.48. The summed E-state index contributed by atoms with van der Waals surface area (Å²) in [5.74, 6) is 0.560. The summed E-state index contributed by atoms with van der Waals surface area (Å²) in [5, 5.41) is 3.02. The van der Waals surface area contributed by atoms with Gasteiger partial charge in [0.05, 0.1) is 6.04 Å². The highest BCUT2D eigenvalue weighted by atomic mass is 32.2. The number of amides is 1. The summed E-state index contributed by atoms with van der Waals surface area (Å²) in [4.78, 5) is 13.4. The van der Waals surface area contributed by atoms with Gasteiger partial charge in [-0.05, 0) is 49.2 Å². The van der Waals surface area contributed by atoms with Gasteiger partial charge in [0.1, 0.15) is 5.82 Å². The molecule has 2 aromatic carbocycles. The second-order valence-electron chi connectivity index (χ2n) is 5.21. The van der Waals surface area contributed by atoms with E-state index in [9.17, 15) is 9.18 Å². The maximum Gasteiger partial charge on any atom is 0.251 e. The molecule has 0 saturated carbocycles. The highest BCUT2D eigenvalue weighted by molar-refractivity contribution is 7.99. The normalized spacial score (nSPS) is 17.1. The van der Waals surface area contributed by atoms with Crippen LogP contribution in [0.15, 0.2) is 47.4 Å². The van der Waals surface area contributed by atoms with Crippen LogP contribution < -0.4 is 5.32 Å². The molecule has 0 saturated heterocycles. The van der Waals surface area contributed by atoms with Crippen molar-refractivity contribution in [3.8, 4) is 0 Å². The van der Waals surface area contributed by atoms with Crippen molar-refractivity contribution in [2.75, 3.05) is 5.75 Å². The van der Waals surface area contributed by atoms with Crippen LogP contribution in [0.1, 0.15) is 33.9 Å². The van der Waals surface area contributed by atoms with Crippen LogP contribution in [-0.4, -0.2) is 11.7 Å². The Balaban J connectivity index is 1.81. The van der Waals surface area contributed by atoms with Crippen LogP contribution in [-0.2, 0) is 0 Å². The summed E-state index contributed by atoms with van der Waals surface area (Å²) in [5.41, 5.74) is 2.64. The second-order valence-corrected chi connectivity index (χ2v) is 6.35. The molecular weight excluding hydrogens is 285 g/mol. The van der Waals surface area contributed by atoms with Gasteiger partial charge in [0, 0.05) is 16.2 Å². The minimum atomic E-state index is -0.258. The third kappa shape index (κ3) is 3.10. The summed E-state index contributed by atoms with van der Waals surface area (Å²) in [6.07, 6.45) is 0.818. The van der Waals surface area contributed by atoms with Gasteiger partial charge in [-0.3, -0.25) is 4.79 Å². The first-order valence-corrected chi connectivity index (χ1v) is 7.92. The molecule has 0 unspecified atom stereocenters. The summed E-state index contributed by atoms with van der Waals surface area (Å²) in [6.45, 7) is 1.99. The number of benzene rings is 2. The number of rotatable bonds is 2. The summed E-state index contributed by atoms with van der Waals surface area (Å²) in [7, 11) is 0. The summed E-state index contributed by atoms with van der Waals surface area (Å²) in [6, 6.07) is 12.1. The fourth-order valence-electron chi connectivity index (χ4n) is 2.46. The van der Waals surface area contributed by atoms with E-state index in [1.165, 1.54) is 12.1 Å². The van der Waals surface area contributed by atoms with Gasteiger partial charge in [0.25, 0.3) is 5.91 Å². The Morgan fingerprint density at radius 3 is 2.76 bits per heavy atom. The highest BCUT2D eigenvalue weighted by Crippen LogP contribution is 2.36. The number of nitrogens with one attached hydrogen (secondary N) is 1. The van der Waals surface area contributed by atoms with Gasteiger partial charge < -0.3 is 5.32 Å². The van der Waals surface area contributed by atoms with Crippen LogP contribution in [0.2, 0.25) is 0 Å². The van der Waals surface area contributed by atoms with Gasteiger partial charge >= 0.3 is 0 Å². The molecule has 0 fully saturated rings. The molecule has 2 aromatic rings. The SMILES string of the molecule is Cc1ccc(C(=O)N[C@@H]2CCSc3ccc(F)cc32)cc1. The van der Waals surface area contributed by atoms with E-state index in [-0.39, 0.29) is 17.8 Å². The smallest absolute Gasteiger partial charge is 0.251 e. The van der Waals surface area contributed by atoms with Gasteiger partial charge in [0.2, 0.25) is 0 Å². The Kier molecular flexibility index (Phi) is 3.97. The molecule has 1 heterocycles. The van der Waals surface area contributed by atoms with Gasteiger partial charge in [0.15, 0.2) is 0 Å². The van der Waals surface area contributed by atoms with Crippen molar-refractivity contribution < 1.29 is 9.18 Å². The van der Waals surface area contributed by atoms with Gasteiger partial charge in [-0.2, -0.15) is 0 Å². The Morgan fingerprint density at radius 2 is 2.00 bits per heavy atom. The third-order valence-electron chi connectivity index (χ3n) is 3.63. The quantitative estimate of drug-likeness (QED) is 0.904. The van der Waals surface area contributed by atoms with Crippen LogP contribution in [0.25, 0.3) is 0 Å². The molecule has 4 heteroatoms. The Hall–Kier alpha value is -1.81. The standard InChI is InChI=1S/C17H16FNOS/c1-11-2-4-12(5-3-11)17(20)19-15-8-9-21-16-7-6-13(18)10-14(15)16/h2-7,10,15H,8-9H2,1H3,(H,19,20)/t15-/m1/s1. The number of hydrogen-bond acceptors (Lipinski definition) is 2. The zero-order chi connectivity index (χ0) is 14.8. The number of hydrogen-bond donors (Lipinski definition) is 1. The van der Waals surface area contributed by atoms with E-state index in [1.807, 2.05) is 31.2 Å². The molecular formula is C17H16FNOS.